The van der Waals surface area contributed by atoms with Crippen LogP contribution in [0, 0.1) is 0 Å². The molecule has 0 N–H and O–H groups in total. The van der Waals surface area contributed by atoms with Gasteiger partial charge in [0.25, 0.3) is 0 Å². The van der Waals surface area contributed by atoms with Crippen molar-refractivity contribution in [1.29, 1.82) is 0 Å². The third-order valence-electron chi connectivity index (χ3n) is 3.88. The number of hydrogen-bond donors (Lipinski definition) is 0. The summed E-state index contributed by atoms with van der Waals surface area (Å²) < 4.78 is 23.1. The molecule has 2 saturated heterocycles. The second-order valence-corrected chi connectivity index (χ2v) is 4.92. The van der Waals surface area contributed by atoms with Crippen LogP contribution in [-0.2, 0) is 18.9 Å². The van der Waals surface area contributed by atoms with Crippen molar-refractivity contribution in [1.82, 2.24) is 0 Å². The molecule has 2 aliphatic heterocycles. The fourth-order valence-corrected chi connectivity index (χ4v) is 2.99. The van der Waals surface area contributed by atoms with Crippen LogP contribution in [0.4, 0.5) is 0 Å². The number of hydrogen-bond acceptors (Lipinski definition) is 4. The van der Waals surface area contributed by atoms with Crippen LogP contribution in [0.15, 0.2) is 0 Å². The predicted octanol–water partition coefficient (Wildman–Crippen LogP) is 1.83. The van der Waals surface area contributed by atoms with Crippen LogP contribution in [-0.4, -0.2) is 38.0 Å². The minimum atomic E-state index is -0.331. The molecule has 4 heteroatoms. The molecule has 16 heavy (non-hydrogen) atoms. The van der Waals surface area contributed by atoms with Crippen molar-refractivity contribution >= 4 is 0 Å². The van der Waals surface area contributed by atoms with Crippen molar-refractivity contribution in [3.8, 4) is 0 Å². The summed E-state index contributed by atoms with van der Waals surface area (Å²) in [6.07, 6.45) is 6.09. The standard InChI is InChI=1S/C12H20O4/c1-2-4-12(15-9-10-16-12)6-5-11(3-1)13-7-8-14-11/h1-10H2. The molecule has 3 rings (SSSR count). The molecule has 0 aromatic rings. The van der Waals surface area contributed by atoms with E-state index in [1.54, 1.807) is 0 Å². The predicted molar refractivity (Wildman–Crippen MR) is 57.0 cm³/mol. The first-order valence-electron chi connectivity index (χ1n) is 6.39. The van der Waals surface area contributed by atoms with Gasteiger partial charge in [0.2, 0.25) is 0 Å². The zero-order chi connectivity index (χ0) is 10.9. The van der Waals surface area contributed by atoms with Gasteiger partial charge in [-0.25, -0.2) is 0 Å². The van der Waals surface area contributed by atoms with Crippen LogP contribution >= 0.6 is 0 Å². The summed E-state index contributed by atoms with van der Waals surface area (Å²) >= 11 is 0. The first-order chi connectivity index (χ1) is 7.83. The summed E-state index contributed by atoms with van der Waals surface area (Å²) in [7, 11) is 0. The van der Waals surface area contributed by atoms with Crippen molar-refractivity contribution < 1.29 is 18.9 Å². The van der Waals surface area contributed by atoms with E-state index in [9.17, 15) is 0 Å². The molecular weight excluding hydrogens is 208 g/mol. The van der Waals surface area contributed by atoms with E-state index >= 15 is 0 Å². The molecule has 1 aliphatic carbocycles. The Labute approximate surface area is 96.2 Å². The van der Waals surface area contributed by atoms with Crippen LogP contribution in [0.25, 0.3) is 0 Å². The lowest BCUT2D eigenvalue weighted by molar-refractivity contribution is -0.217. The zero-order valence-electron chi connectivity index (χ0n) is 9.70. The average Bonchev–Trinajstić information content (AvgIpc) is 2.92. The third kappa shape index (κ3) is 1.99. The molecule has 0 unspecified atom stereocenters. The molecule has 0 amide bonds. The van der Waals surface area contributed by atoms with E-state index in [1.807, 2.05) is 0 Å². The highest BCUT2D eigenvalue weighted by molar-refractivity contribution is 4.84. The molecule has 0 aromatic heterocycles. The van der Waals surface area contributed by atoms with Crippen molar-refractivity contribution in [3.63, 3.8) is 0 Å². The normalized spacial score (nSPS) is 33.0. The van der Waals surface area contributed by atoms with Crippen LogP contribution in [0.1, 0.15) is 38.5 Å². The highest BCUT2D eigenvalue weighted by Gasteiger charge is 2.44. The maximum Gasteiger partial charge on any atom is 0.168 e. The smallest absolute Gasteiger partial charge is 0.168 e. The van der Waals surface area contributed by atoms with Gasteiger partial charge in [-0.15, -0.1) is 0 Å². The van der Waals surface area contributed by atoms with Gasteiger partial charge < -0.3 is 18.9 Å². The van der Waals surface area contributed by atoms with Gasteiger partial charge in [-0.2, -0.15) is 0 Å². The molecule has 0 aromatic carbocycles. The quantitative estimate of drug-likeness (QED) is 0.634. The summed E-state index contributed by atoms with van der Waals surface area (Å²) in [5, 5.41) is 0. The monoisotopic (exact) mass is 228 g/mol. The molecule has 1 saturated carbocycles. The lowest BCUT2D eigenvalue weighted by Gasteiger charge is -2.36. The van der Waals surface area contributed by atoms with E-state index in [1.165, 1.54) is 0 Å². The van der Waals surface area contributed by atoms with E-state index in [-0.39, 0.29) is 11.6 Å². The van der Waals surface area contributed by atoms with Crippen molar-refractivity contribution in [2.24, 2.45) is 0 Å². The summed E-state index contributed by atoms with van der Waals surface area (Å²) in [6, 6.07) is 0. The highest BCUT2D eigenvalue weighted by atomic mass is 16.7. The Morgan fingerprint density at radius 1 is 0.500 bits per heavy atom. The van der Waals surface area contributed by atoms with Gasteiger partial charge in [-0.1, -0.05) is 0 Å². The average molecular weight is 228 g/mol. The highest BCUT2D eigenvalue weighted by Crippen LogP contribution is 2.40. The largest absolute Gasteiger partial charge is 0.348 e. The fourth-order valence-electron chi connectivity index (χ4n) is 2.99. The van der Waals surface area contributed by atoms with Gasteiger partial charge >= 0.3 is 0 Å². The van der Waals surface area contributed by atoms with Crippen LogP contribution in [0.3, 0.4) is 0 Å². The summed E-state index contributed by atoms with van der Waals surface area (Å²) in [5.74, 6) is -0.661. The Balaban J connectivity index is 1.69. The van der Waals surface area contributed by atoms with E-state index in [4.69, 9.17) is 18.9 Å². The van der Waals surface area contributed by atoms with Gasteiger partial charge in [-0.05, 0) is 12.8 Å². The van der Waals surface area contributed by atoms with Crippen molar-refractivity contribution in [2.45, 2.75) is 50.1 Å². The molecule has 0 radical (unpaired) electrons. The Morgan fingerprint density at radius 3 is 1.25 bits per heavy atom. The summed E-state index contributed by atoms with van der Waals surface area (Å²) in [6.45, 7) is 2.92. The maximum atomic E-state index is 5.79. The Bertz CT molecular complexity index is 215. The third-order valence-corrected chi connectivity index (χ3v) is 3.88. The lowest BCUT2D eigenvalue weighted by atomic mass is 9.91. The van der Waals surface area contributed by atoms with Gasteiger partial charge in [0, 0.05) is 25.7 Å². The van der Waals surface area contributed by atoms with Crippen molar-refractivity contribution in [2.75, 3.05) is 26.4 Å². The van der Waals surface area contributed by atoms with E-state index < -0.39 is 0 Å². The molecule has 4 nitrogen and oxygen atoms in total. The number of ether oxygens (including phenoxy) is 4. The van der Waals surface area contributed by atoms with E-state index in [2.05, 4.69) is 0 Å². The Hall–Kier alpha value is -0.160. The lowest BCUT2D eigenvalue weighted by Crippen LogP contribution is -2.39. The minimum Gasteiger partial charge on any atom is -0.348 e. The molecule has 0 bridgehead atoms. The van der Waals surface area contributed by atoms with Crippen molar-refractivity contribution in [3.05, 3.63) is 0 Å². The summed E-state index contributed by atoms with van der Waals surface area (Å²) in [5.41, 5.74) is 0. The Morgan fingerprint density at radius 2 is 0.875 bits per heavy atom. The molecule has 3 aliphatic rings. The molecule has 92 valence electrons. The molecule has 2 spiro atoms. The topological polar surface area (TPSA) is 36.9 Å². The first kappa shape index (κ1) is 11.0. The zero-order valence-corrected chi connectivity index (χ0v) is 9.70. The first-order valence-corrected chi connectivity index (χ1v) is 6.39. The van der Waals surface area contributed by atoms with Gasteiger partial charge in [0.15, 0.2) is 11.6 Å². The maximum absolute atomic E-state index is 5.79. The molecule has 0 atom stereocenters. The number of rotatable bonds is 0. The van der Waals surface area contributed by atoms with Crippen LogP contribution in [0.5, 0.6) is 0 Å². The molecular formula is C12H20O4. The molecule has 3 fully saturated rings. The van der Waals surface area contributed by atoms with Gasteiger partial charge in [-0.3, -0.25) is 0 Å². The second kappa shape index (κ2) is 4.26. The SMILES string of the molecule is C1CCC2(CCC3(C1)OCCO3)OCCO2. The van der Waals surface area contributed by atoms with Crippen LogP contribution in [0.2, 0.25) is 0 Å². The fraction of sp³-hybridized carbons (Fsp3) is 1.00. The van der Waals surface area contributed by atoms with Crippen LogP contribution < -0.4 is 0 Å². The Kier molecular flexibility index (Phi) is 2.92. The van der Waals surface area contributed by atoms with Gasteiger partial charge in [0.1, 0.15) is 0 Å². The van der Waals surface area contributed by atoms with E-state index in [0.717, 1.165) is 65.0 Å². The minimum absolute atomic E-state index is 0.331. The summed E-state index contributed by atoms with van der Waals surface area (Å²) in [4.78, 5) is 0. The van der Waals surface area contributed by atoms with Gasteiger partial charge in [0.05, 0.1) is 26.4 Å². The molecule has 2 heterocycles. The van der Waals surface area contributed by atoms with E-state index in [0.29, 0.717) is 0 Å². The second-order valence-electron chi connectivity index (χ2n) is 4.92.